The Kier molecular flexibility index (Phi) is 2.75. The van der Waals surface area contributed by atoms with Crippen molar-refractivity contribution in [2.45, 2.75) is 13.8 Å². The summed E-state index contributed by atoms with van der Waals surface area (Å²) in [6, 6.07) is 15.0. The molecule has 0 atom stereocenters. The Morgan fingerprint density at radius 3 is 2.61 bits per heavy atom. The third-order valence-electron chi connectivity index (χ3n) is 3.22. The van der Waals surface area contributed by atoms with Crippen molar-refractivity contribution in [2.75, 3.05) is 0 Å². The fraction of sp³-hybridized carbons (Fsp3) is 0.125. The summed E-state index contributed by atoms with van der Waals surface area (Å²) in [5.41, 5.74) is 6.20. The normalized spacial score (nSPS) is 11.1. The van der Waals surface area contributed by atoms with Gasteiger partial charge in [-0.15, -0.1) is 0 Å². The van der Waals surface area contributed by atoms with Crippen LogP contribution >= 0.6 is 15.9 Å². The first-order valence-corrected chi connectivity index (χ1v) is 6.79. The Morgan fingerprint density at radius 1 is 1.00 bits per heavy atom. The molecule has 0 saturated carbocycles. The highest BCUT2D eigenvalue weighted by atomic mass is 79.9. The Labute approximate surface area is 115 Å². The van der Waals surface area contributed by atoms with Crippen LogP contribution in [0.4, 0.5) is 0 Å². The molecule has 0 aliphatic rings. The molecule has 0 bridgehead atoms. The van der Waals surface area contributed by atoms with Gasteiger partial charge in [-0.25, -0.2) is 0 Å². The molecule has 0 aliphatic carbocycles. The van der Waals surface area contributed by atoms with Gasteiger partial charge < -0.3 is 4.98 Å². The number of hydrogen-bond donors (Lipinski definition) is 1. The summed E-state index contributed by atoms with van der Waals surface area (Å²) < 4.78 is 1.10. The lowest BCUT2D eigenvalue weighted by molar-refractivity contribution is 1.40. The summed E-state index contributed by atoms with van der Waals surface area (Å²) in [5.74, 6) is 0. The van der Waals surface area contributed by atoms with Crippen molar-refractivity contribution in [2.24, 2.45) is 0 Å². The van der Waals surface area contributed by atoms with Crippen LogP contribution in [0.15, 0.2) is 46.9 Å². The van der Waals surface area contributed by atoms with Gasteiger partial charge in [-0.3, -0.25) is 0 Å². The fourth-order valence-corrected chi connectivity index (χ4v) is 2.81. The van der Waals surface area contributed by atoms with Gasteiger partial charge in [0.05, 0.1) is 0 Å². The zero-order valence-corrected chi connectivity index (χ0v) is 12.0. The molecule has 90 valence electrons. The van der Waals surface area contributed by atoms with Crippen LogP contribution in [0.25, 0.3) is 22.2 Å². The Hall–Kier alpha value is -1.54. The summed E-state index contributed by atoms with van der Waals surface area (Å²) >= 11 is 3.52. The minimum Gasteiger partial charge on any atom is -0.355 e. The van der Waals surface area contributed by atoms with E-state index in [9.17, 15) is 0 Å². The van der Waals surface area contributed by atoms with Crippen molar-refractivity contribution in [1.29, 1.82) is 0 Å². The summed E-state index contributed by atoms with van der Waals surface area (Å²) in [6.07, 6.45) is 0. The molecule has 3 rings (SSSR count). The maximum Gasteiger partial charge on any atom is 0.0465 e. The van der Waals surface area contributed by atoms with E-state index in [0.29, 0.717) is 0 Å². The average Bonchev–Trinajstić information content (AvgIpc) is 2.73. The van der Waals surface area contributed by atoms with Crippen molar-refractivity contribution < 1.29 is 0 Å². The van der Waals surface area contributed by atoms with Gasteiger partial charge in [0.15, 0.2) is 0 Å². The van der Waals surface area contributed by atoms with Crippen LogP contribution in [0.3, 0.4) is 0 Å². The molecular formula is C16H14BrN. The molecule has 1 heterocycles. The van der Waals surface area contributed by atoms with Crippen molar-refractivity contribution >= 4 is 26.8 Å². The van der Waals surface area contributed by atoms with Gasteiger partial charge in [0.1, 0.15) is 0 Å². The number of halogens is 1. The van der Waals surface area contributed by atoms with E-state index in [2.05, 4.69) is 71.2 Å². The molecule has 2 aromatic carbocycles. The summed E-state index contributed by atoms with van der Waals surface area (Å²) in [6.45, 7) is 4.29. The molecule has 2 heteroatoms. The van der Waals surface area contributed by atoms with E-state index in [1.165, 1.54) is 33.3 Å². The number of rotatable bonds is 1. The van der Waals surface area contributed by atoms with E-state index in [4.69, 9.17) is 0 Å². The molecule has 0 aliphatic heterocycles. The molecule has 0 spiro atoms. The van der Waals surface area contributed by atoms with E-state index in [-0.39, 0.29) is 0 Å². The summed E-state index contributed by atoms with van der Waals surface area (Å²) in [5, 5.41) is 1.30. The van der Waals surface area contributed by atoms with E-state index in [1.54, 1.807) is 0 Å². The second kappa shape index (κ2) is 4.29. The van der Waals surface area contributed by atoms with Crippen LogP contribution in [0.5, 0.6) is 0 Å². The Morgan fingerprint density at radius 2 is 1.83 bits per heavy atom. The van der Waals surface area contributed by atoms with E-state index in [1.807, 2.05) is 6.07 Å². The molecule has 0 saturated heterocycles. The van der Waals surface area contributed by atoms with Crippen molar-refractivity contribution in [3.05, 3.63) is 58.1 Å². The minimum atomic E-state index is 1.10. The van der Waals surface area contributed by atoms with Crippen LogP contribution in [0.2, 0.25) is 0 Å². The monoisotopic (exact) mass is 299 g/mol. The second-order valence-corrected chi connectivity index (χ2v) is 5.65. The first-order chi connectivity index (χ1) is 8.63. The van der Waals surface area contributed by atoms with Gasteiger partial charge in [0, 0.05) is 21.1 Å². The number of nitrogens with one attached hydrogen (secondary N) is 1. The van der Waals surface area contributed by atoms with Gasteiger partial charge in [-0.05, 0) is 54.8 Å². The molecule has 1 aromatic heterocycles. The van der Waals surface area contributed by atoms with Crippen LogP contribution in [-0.2, 0) is 0 Å². The van der Waals surface area contributed by atoms with Gasteiger partial charge in [0.2, 0.25) is 0 Å². The molecule has 3 aromatic rings. The molecule has 0 amide bonds. The minimum absolute atomic E-state index is 1.10. The molecule has 1 N–H and O–H groups in total. The van der Waals surface area contributed by atoms with Crippen LogP contribution in [-0.4, -0.2) is 4.98 Å². The van der Waals surface area contributed by atoms with E-state index in [0.717, 1.165) is 4.47 Å². The SMILES string of the molecule is Cc1cc(C)c2cc(-c3cccc(Br)c3)[nH]c2c1. The highest BCUT2D eigenvalue weighted by molar-refractivity contribution is 9.10. The number of aromatic nitrogens is 1. The lowest BCUT2D eigenvalue weighted by Crippen LogP contribution is -1.78. The maximum atomic E-state index is 3.52. The molecule has 0 unspecified atom stereocenters. The van der Waals surface area contributed by atoms with Crippen LogP contribution in [0.1, 0.15) is 11.1 Å². The lowest BCUT2D eigenvalue weighted by atomic mass is 10.1. The van der Waals surface area contributed by atoms with E-state index >= 15 is 0 Å². The highest BCUT2D eigenvalue weighted by Gasteiger charge is 2.06. The predicted octanol–water partition coefficient (Wildman–Crippen LogP) is 5.21. The number of aromatic amines is 1. The topological polar surface area (TPSA) is 15.8 Å². The average molecular weight is 300 g/mol. The molecule has 18 heavy (non-hydrogen) atoms. The van der Waals surface area contributed by atoms with Crippen molar-refractivity contribution in [1.82, 2.24) is 4.98 Å². The van der Waals surface area contributed by atoms with E-state index < -0.39 is 0 Å². The largest absolute Gasteiger partial charge is 0.355 e. The zero-order chi connectivity index (χ0) is 12.7. The standard InChI is InChI=1S/C16H14BrN/c1-10-6-11(2)14-9-15(18-16(14)7-10)12-4-3-5-13(17)8-12/h3-9,18H,1-2H3. The van der Waals surface area contributed by atoms with Gasteiger partial charge in [0.25, 0.3) is 0 Å². The smallest absolute Gasteiger partial charge is 0.0465 e. The predicted molar refractivity (Wildman–Crippen MR) is 80.9 cm³/mol. The number of hydrogen-bond acceptors (Lipinski definition) is 0. The fourth-order valence-electron chi connectivity index (χ4n) is 2.41. The number of H-pyrrole nitrogens is 1. The molecule has 0 radical (unpaired) electrons. The van der Waals surface area contributed by atoms with Gasteiger partial charge >= 0.3 is 0 Å². The number of aryl methyl sites for hydroxylation is 2. The van der Waals surface area contributed by atoms with Crippen molar-refractivity contribution in [3.63, 3.8) is 0 Å². The quantitative estimate of drug-likeness (QED) is 0.634. The lowest BCUT2D eigenvalue weighted by Gasteiger charge is -1.98. The Balaban J connectivity index is 2.22. The number of benzene rings is 2. The van der Waals surface area contributed by atoms with Crippen LogP contribution in [0, 0.1) is 13.8 Å². The first-order valence-electron chi connectivity index (χ1n) is 5.99. The van der Waals surface area contributed by atoms with Crippen molar-refractivity contribution in [3.8, 4) is 11.3 Å². The molecule has 0 fully saturated rings. The maximum absolute atomic E-state index is 3.52. The number of fused-ring (bicyclic) bond motifs is 1. The molecule has 1 nitrogen and oxygen atoms in total. The molecular weight excluding hydrogens is 286 g/mol. The third kappa shape index (κ3) is 1.97. The van der Waals surface area contributed by atoms with Gasteiger partial charge in [-0.1, -0.05) is 34.1 Å². The third-order valence-corrected chi connectivity index (χ3v) is 3.72. The summed E-state index contributed by atoms with van der Waals surface area (Å²) in [4.78, 5) is 3.50. The second-order valence-electron chi connectivity index (χ2n) is 4.74. The van der Waals surface area contributed by atoms with Gasteiger partial charge in [-0.2, -0.15) is 0 Å². The first kappa shape index (κ1) is 11.5. The highest BCUT2D eigenvalue weighted by Crippen LogP contribution is 2.28. The van der Waals surface area contributed by atoms with Crippen LogP contribution < -0.4 is 0 Å². The zero-order valence-electron chi connectivity index (χ0n) is 10.4. The summed E-state index contributed by atoms with van der Waals surface area (Å²) in [7, 11) is 0. The Bertz CT molecular complexity index is 725.